The van der Waals surface area contributed by atoms with Gasteiger partial charge in [0, 0.05) is 16.5 Å². The van der Waals surface area contributed by atoms with E-state index in [1.807, 2.05) is 26.0 Å². The molecule has 0 atom stereocenters. The summed E-state index contributed by atoms with van der Waals surface area (Å²) in [5.41, 5.74) is 2.92. The molecule has 1 aliphatic rings. The SMILES string of the molecule is CCCOC(=O)COc1ccc2c3c(c(=O)oc2c1C)CCC3. The van der Waals surface area contributed by atoms with Crippen LogP contribution in [0.3, 0.4) is 0 Å². The van der Waals surface area contributed by atoms with Crippen molar-refractivity contribution < 1.29 is 18.7 Å². The van der Waals surface area contributed by atoms with Gasteiger partial charge in [0.2, 0.25) is 0 Å². The number of aryl methyl sites for hydroxylation is 2. The summed E-state index contributed by atoms with van der Waals surface area (Å²) in [7, 11) is 0. The second kappa shape index (κ2) is 6.44. The van der Waals surface area contributed by atoms with Crippen molar-refractivity contribution in [2.24, 2.45) is 0 Å². The number of fused-ring (bicyclic) bond motifs is 3. The van der Waals surface area contributed by atoms with Crippen LogP contribution < -0.4 is 10.4 Å². The van der Waals surface area contributed by atoms with Gasteiger partial charge in [-0.15, -0.1) is 0 Å². The van der Waals surface area contributed by atoms with E-state index in [4.69, 9.17) is 13.9 Å². The molecule has 1 aromatic carbocycles. The number of carbonyl (C=O) groups excluding carboxylic acids is 1. The lowest BCUT2D eigenvalue weighted by atomic mass is 10.0. The molecule has 1 aliphatic carbocycles. The van der Waals surface area contributed by atoms with Gasteiger partial charge in [-0.05, 0) is 50.3 Å². The molecule has 0 bridgehead atoms. The van der Waals surface area contributed by atoms with Crippen LogP contribution in [0, 0.1) is 6.92 Å². The van der Waals surface area contributed by atoms with Crippen molar-refractivity contribution in [3.8, 4) is 5.75 Å². The largest absolute Gasteiger partial charge is 0.481 e. The van der Waals surface area contributed by atoms with Crippen LogP contribution in [0.2, 0.25) is 0 Å². The summed E-state index contributed by atoms with van der Waals surface area (Å²) >= 11 is 0. The molecule has 2 aromatic rings. The summed E-state index contributed by atoms with van der Waals surface area (Å²) in [6.45, 7) is 4.00. The maximum Gasteiger partial charge on any atom is 0.344 e. The van der Waals surface area contributed by atoms with Crippen LogP contribution in [0.5, 0.6) is 5.75 Å². The van der Waals surface area contributed by atoms with Gasteiger partial charge < -0.3 is 13.9 Å². The molecule has 5 nitrogen and oxygen atoms in total. The fourth-order valence-electron chi connectivity index (χ4n) is 3.01. The zero-order chi connectivity index (χ0) is 16.4. The monoisotopic (exact) mass is 316 g/mol. The van der Waals surface area contributed by atoms with E-state index in [-0.39, 0.29) is 12.2 Å². The molecule has 3 rings (SSSR count). The second-order valence-electron chi connectivity index (χ2n) is 5.77. The Morgan fingerprint density at radius 3 is 2.83 bits per heavy atom. The molecule has 0 fully saturated rings. The van der Waals surface area contributed by atoms with Crippen molar-refractivity contribution in [1.29, 1.82) is 0 Å². The summed E-state index contributed by atoms with van der Waals surface area (Å²) < 4.78 is 16.0. The third-order valence-electron chi connectivity index (χ3n) is 4.15. The highest BCUT2D eigenvalue weighted by Gasteiger charge is 2.21. The lowest BCUT2D eigenvalue weighted by molar-refractivity contribution is -0.146. The quantitative estimate of drug-likeness (QED) is 0.627. The Morgan fingerprint density at radius 1 is 1.26 bits per heavy atom. The Labute approximate surface area is 134 Å². The summed E-state index contributed by atoms with van der Waals surface area (Å²) in [6.07, 6.45) is 3.45. The molecule has 5 heteroatoms. The summed E-state index contributed by atoms with van der Waals surface area (Å²) in [4.78, 5) is 23.6. The van der Waals surface area contributed by atoms with Crippen molar-refractivity contribution in [3.05, 3.63) is 39.2 Å². The predicted molar refractivity (Wildman–Crippen MR) is 86.0 cm³/mol. The van der Waals surface area contributed by atoms with Crippen molar-refractivity contribution in [2.45, 2.75) is 39.5 Å². The zero-order valence-corrected chi connectivity index (χ0v) is 13.4. The van der Waals surface area contributed by atoms with Crippen molar-refractivity contribution in [3.63, 3.8) is 0 Å². The first-order valence-electron chi connectivity index (χ1n) is 7.98. The molecule has 0 radical (unpaired) electrons. The van der Waals surface area contributed by atoms with Gasteiger partial charge in [0.1, 0.15) is 11.3 Å². The zero-order valence-electron chi connectivity index (χ0n) is 13.4. The van der Waals surface area contributed by atoms with Crippen molar-refractivity contribution in [2.75, 3.05) is 13.2 Å². The fraction of sp³-hybridized carbons (Fsp3) is 0.444. The van der Waals surface area contributed by atoms with E-state index in [2.05, 4.69) is 0 Å². The van der Waals surface area contributed by atoms with E-state index < -0.39 is 5.97 Å². The molecular weight excluding hydrogens is 296 g/mol. The minimum Gasteiger partial charge on any atom is -0.481 e. The first-order chi connectivity index (χ1) is 11.1. The molecule has 122 valence electrons. The van der Waals surface area contributed by atoms with Gasteiger partial charge in [-0.1, -0.05) is 6.92 Å². The number of hydrogen-bond acceptors (Lipinski definition) is 5. The van der Waals surface area contributed by atoms with Gasteiger partial charge in [-0.2, -0.15) is 0 Å². The van der Waals surface area contributed by atoms with E-state index in [0.717, 1.165) is 47.8 Å². The van der Waals surface area contributed by atoms with E-state index >= 15 is 0 Å². The average Bonchev–Trinajstić information content (AvgIpc) is 3.03. The summed E-state index contributed by atoms with van der Waals surface area (Å²) in [5, 5.41) is 0.968. The standard InChI is InChI=1S/C18H20O5/c1-3-9-21-16(19)10-22-15-8-7-13-12-5-4-6-14(12)18(20)23-17(13)11(15)2/h7-8H,3-6,9-10H2,1-2H3. The summed E-state index contributed by atoms with van der Waals surface area (Å²) in [5.74, 6) is 0.133. The topological polar surface area (TPSA) is 65.7 Å². The smallest absolute Gasteiger partial charge is 0.344 e. The lowest BCUT2D eigenvalue weighted by Gasteiger charge is -2.12. The third-order valence-corrected chi connectivity index (χ3v) is 4.15. The molecule has 0 spiro atoms. The van der Waals surface area contributed by atoms with Gasteiger partial charge in [0.05, 0.1) is 6.61 Å². The van der Waals surface area contributed by atoms with Gasteiger partial charge >= 0.3 is 11.6 Å². The number of rotatable bonds is 5. The number of ether oxygens (including phenoxy) is 2. The number of carbonyl (C=O) groups is 1. The molecule has 0 unspecified atom stereocenters. The van der Waals surface area contributed by atoms with E-state index in [1.54, 1.807) is 0 Å². The van der Waals surface area contributed by atoms with Crippen LogP contribution >= 0.6 is 0 Å². The first kappa shape index (κ1) is 15.6. The van der Waals surface area contributed by atoms with Gasteiger partial charge in [-0.3, -0.25) is 0 Å². The van der Waals surface area contributed by atoms with E-state index in [0.29, 0.717) is 17.9 Å². The maximum absolute atomic E-state index is 12.1. The van der Waals surface area contributed by atoms with Gasteiger partial charge in [0.25, 0.3) is 0 Å². The average molecular weight is 316 g/mol. The highest BCUT2D eigenvalue weighted by atomic mass is 16.6. The number of hydrogen-bond donors (Lipinski definition) is 0. The Bertz CT molecular complexity index is 803. The summed E-state index contributed by atoms with van der Waals surface area (Å²) in [6, 6.07) is 3.73. The van der Waals surface area contributed by atoms with Gasteiger partial charge in [-0.25, -0.2) is 9.59 Å². The Hall–Kier alpha value is -2.30. The number of benzene rings is 1. The molecule has 0 N–H and O–H groups in total. The normalized spacial score (nSPS) is 13.1. The lowest BCUT2D eigenvalue weighted by Crippen LogP contribution is -2.15. The van der Waals surface area contributed by atoms with Gasteiger partial charge in [0.15, 0.2) is 6.61 Å². The van der Waals surface area contributed by atoms with Crippen LogP contribution in [0.1, 0.15) is 36.5 Å². The number of esters is 1. The van der Waals surface area contributed by atoms with Crippen LogP contribution in [0.15, 0.2) is 21.3 Å². The Kier molecular flexibility index (Phi) is 4.37. The molecule has 0 aliphatic heterocycles. The Balaban J connectivity index is 1.89. The van der Waals surface area contributed by atoms with Crippen LogP contribution in [-0.2, 0) is 22.4 Å². The molecule has 0 amide bonds. The van der Waals surface area contributed by atoms with E-state index in [1.165, 1.54) is 0 Å². The predicted octanol–water partition coefficient (Wildman–Crippen LogP) is 2.92. The van der Waals surface area contributed by atoms with Crippen LogP contribution in [0.25, 0.3) is 11.0 Å². The highest BCUT2D eigenvalue weighted by molar-refractivity contribution is 5.86. The minimum atomic E-state index is -0.401. The van der Waals surface area contributed by atoms with Crippen LogP contribution in [-0.4, -0.2) is 19.2 Å². The minimum absolute atomic E-state index is 0.151. The van der Waals surface area contributed by atoms with Crippen molar-refractivity contribution >= 4 is 16.9 Å². The maximum atomic E-state index is 12.1. The fourth-order valence-corrected chi connectivity index (χ4v) is 3.01. The molecule has 1 aromatic heterocycles. The molecule has 0 saturated heterocycles. The molecule has 23 heavy (non-hydrogen) atoms. The second-order valence-corrected chi connectivity index (χ2v) is 5.77. The van der Waals surface area contributed by atoms with Crippen LogP contribution in [0.4, 0.5) is 0 Å². The highest BCUT2D eigenvalue weighted by Crippen LogP contribution is 2.32. The van der Waals surface area contributed by atoms with E-state index in [9.17, 15) is 9.59 Å². The van der Waals surface area contributed by atoms with Crippen molar-refractivity contribution in [1.82, 2.24) is 0 Å². The molecule has 1 heterocycles. The molecular formula is C18H20O5. The molecule has 0 saturated carbocycles. The first-order valence-corrected chi connectivity index (χ1v) is 7.98. The Morgan fingerprint density at radius 2 is 2.04 bits per heavy atom. The third kappa shape index (κ3) is 2.96.